The van der Waals surface area contributed by atoms with Crippen molar-refractivity contribution in [1.29, 1.82) is 0 Å². The minimum Gasteiger partial charge on any atom is -0.466 e. The van der Waals surface area contributed by atoms with Gasteiger partial charge in [-0.2, -0.15) is 0 Å². The molecule has 2 aromatic rings. The van der Waals surface area contributed by atoms with Gasteiger partial charge in [0, 0.05) is 21.7 Å². The van der Waals surface area contributed by atoms with Crippen LogP contribution in [-0.2, 0) is 12.8 Å². The molecule has 1 atom stereocenters. The molecule has 2 rings (SSSR count). The van der Waals surface area contributed by atoms with Crippen molar-refractivity contribution >= 4 is 11.3 Å². The summed E-state index contributed by atoms with van der Waals surface area (Å²) in [4.78, 5) is 2.78. The first-order chi connectivity index (χ1) is 9.06. The van der Waals surface area contributed by atoms with Gasteiger partial charge >= 0.3 is 0 Å². The number of hydrogen-bond donors (Lipinski definition) is 2. The number of aryl methyl sites for hydroxylation is 3. The average molecular weight is 278 g/mol. The molecule has 104 valence electrons. The van der Waals surface area contributed by atoms with Crippen LogP contribution in [-0.4, -0.2) is 0 Å². The molecular weight excluding hydrogens is 256 g/mol. The van der Waals surface area contributed by atoms with Crippen molar-refractivity contribution in [3.05, 3.63) is 44.5 Å². The zero-order valence-corrected chi connectivity index (χ0v) is 12.9. The van der Waals surface area contributed by atoms with Crippen molar-refractivity contribution in [1.82, 2.24) is 5.43 Å². The molecule has 0 saturated carbocycles. The molecule has 4 heteroatoms. The molecule has 0 aliphatic rings. The van der Waals surface area contributed by atoms with Gasteiger partial charge in [-0.25, -0.2) is 0 Å². The summed E-state index contributed by atoms with van der Waals surface area (Å²) in [6, 6.07) is 4.51. The first-order valence-electron chi connectivity index (χ1n) is 6.67. The van der Waals surface area contributed by atoms with Gasteiger partial charge in [-0.1, -0.05) is 6.92 Å². The predicted molar refractivity (Wildman–Crippen MR) is 80.4 cm³/mol. The number of rotatable bonds is 5. The number of furan rings is 1. The number of nitrogens with two attached hydrogens (primary N) is 1. The minimum absolute atomic E-state index is 0.112. The fraction of sp³-hybridized carbons (Fsp3) is 0.467. The Labute approximate surface area is 118 Å². The molecule has 0 fully saturated rings. The van der Waals surface area contributed by atoms with Crippen molar-refractivity contribution < 1.29 is 4.42 Å². The van der Waals surface area contributed by atoms with Gasteiger partial charge in [0.15, 0.2) is 0 Å². The second kappa shape index (κ2) is 5.90. The second-order valence-corrected chi connectivity index (χ2v) is 6.15. The Morgan fingerprint density at radius 1 is 1.21 bits per heavy atom. The van der Waals surface area contributed by atoms with E-state index in [1.54, 1.807) is 0 Å². The molecule has 0 radical (unpaired) electrons. The van der Waals surface area contributed by atoms with Crippen molar-refractivity contribution in [3.8, 4) is 0 Å². The molecule has 0 spiro atoms. The third-order valence-corrected chi connectivity index (χ3v) is 4.89. The van der Waals surface area contributed by atoms with Gasteiger partial charge in [0.1, 0.15) is 11.5 Å². The molecule has 0 aliphatic carbocycles. The van der Waals surface area contributed by atoms with Crippen LogP contribution < -0.4 is 11.3 Å². The molecule has 0 saturated heterocycles. The predicted octanol–water partition coefficient (Wildman–Crippen LogP) is 3.58. The van der Waals surface area contributed by atoms with Crippen LogP contribution >= 0.6 is 11.3 Å². The summed E-state index contributed by atoms with van der Waals surface area (Å²) in [5, 5.41) is 0. The molecule has 0 aromatic carbocycles. The van der Waals surface area contributed by atoms with Crippen LogP contribution in [0.4, 0.5) is 0 Å². The third-order valence-electron chi connectivity index (χ3n) is 3.64. The summed E-state index contributed by atoms with van der Waals surface area (Å²) in [6.45, 7) is 8.28. The zero-order valence-electron chi connectivity index (χ0n) is 12.0. The van der Waals surface area contributed by atoms with Crippen molar-refractivity contribution in [2.75, 3.05) is 0 Å². The highest BCUT2D eigenvalue weighted by Gasteiger charge is 2.21. The summed E-state index contributed by atoms with van der Waals surface area (Å²) < 4.78 is 5.70. The lowest BCUT2D eigenvalue weighted by Crippen LogP contribution is -2.30. The molecule has 0 bridgehead atoms. The van der Waals surface area contributed by atoms with E-state index in [4.69, 9.17) is 10.3 Å². The van der Waals surface area contributed by atoms with Crippen LogP contribution in [0.1, 0.15) is 45.4 Å². The van der Waals surface area contributed by atoms with E-state index in [0.29, 0.717) is 0 Å². The quantitative estimate of drug-likeness (QED) is 0.649. The zero-order chi connectivity index (χ0) is 14.0. The Morgan fingerprint density at radius 2 is 1.89 bits per heavy atom. The lowest BCUT2D eigenvalue weighted by Gasteiger charge is -2.15. The second-order valence-electron chi connectivity index (χ2n) is 4.90. The number of hydrazine groups is 1. The monoisotopic (exact) mass is 278 g/mol. The number of nitrogens with one attached hydrogen (secondary N) is 1. The van der Waals surface area contributed by atoms with Crippen LogP contribution in [0, 0.1) is 20.8 Å². The maximum absolute atomic E-state index is 5.75. The lowest BCUT2D eigenvalue weighted by molar-refractivity contribution is 0.485. The summed E-state index contributed by atoms with van der Waals surface area (Å²) >= 11 is 1.86. The summed E-state index contributed by atoms with van der Waals surface area (Å²) in [7, 11) is 0. The normalized spacial score (nSPS) is 12.9. The van der Waals surface area contributed by atoms with Crippen LogP contribution in [0.25, 0.3) is 0 Å². The molecule has 0 aliphatic heterocycles. The van der Waals surface area contributed by atoms with Crippen LogP contribution in [0.2, 0.25) is 0 Å². The standard InChI is InChI=1S/C15H22N2OS/c1-5-12-6-7-13(19-12)8-14(17-16)15-9(2)10(3)18-11(15)4/h6-7,14,17H,5,8,16H2,1-4H3. The van der Waals surface area contributed by atoms with Gasteiger partial charge in [0.05, 0.1) is 6.04 Å². The van der Waals surface area contributed by atoms with E-state index in [1.807, 2.05) is 25.2 Å². The first-order valence-corrected chi connectivity index (χ1v) is 7.48. The van der Waals surface area contributed by atoms with Crippen molar-refractivity contribution in [2.24, 2.45) is 5.84 Å². The Kier molecular flexibility index (Phi) is 4.45. The fourth-order valence-electron chi connectivity index (χ4n) is 2.49. The molecule has 1 unspecified atom stereocenters. The maximum atomic E-state index is 5.75. The molecule has 3 nitrogen and oxygen atoms in total. The van der Waals surface area contributed by atoms with Gasteiger partial charge in [0.25, 0.3) is 0 Å². The Morgan fingerprint density at radius 3 is 2.37 bits per heavy atom. The summed E-state index contributed by atoms with van der Waals surface area (Å²) in [5.74, 6) is 7.69. The fourth-order valence-corrected chi connectivity index (χ4v) is 3.49. The average Bonchev–Trinajstić information content (AvgIpc) is 2.93. The SMILES string of the molecule is CCc1ccc(CC(NN)c2c(C)oc(C)c2C)s1. The largest absolute Gasteiger partial charge is 0.466 e. The number of hydrogen-bond acceptors (Lipinski definition) is 4. The van der Waals surface area contributed by atoms with Crippen LogP contribution in [0.5, 0.6) is 0 Å². The smallest absolute Gasteiger partial charge is 0.106 e. The van der Waals surface area contributed by atoms with E-state index in [9.17, 15) is 0 Å². The van der Waals surface area contributed by atoms with E-state index in [0.717, 1.165) is 24.4 Å². The van der Waals surface area contributed by atoms with E-state index in [-0.39, 0.29) is 6.04 Å². The molecule has 0 amide bonds. The molecule has 2 heterocycles. The van der Waals surface area contributed by atoms with E-state index in [1.165, 1.54) is 20.9 Å². The lowest BCUT2D eigenvalue weighted by atomic mass is 9.99. The third kappa shape index (κ3) is 2.91. The Balaban J connectivity index is 2.24. The van der Waals surface area contributed by atoms with E-state index < -0.39 is 0 Å². The topological polar surface area (TPSA) is 51.2 Å². The van der Waals surface area contributed by atoms with E-state index >= 15 is 0 Å². The van der Waals surface area contributed by atoms with Crippen molar-refractivity contribution in [3.63, 3.8) is 0 Å². The Hall–Kier alpha value is -1.10. The first kappa shape index (κ1) is 14.3. The highest BCUT2D eigenvalue weighted by atomic mass is 32.1. The van der Waals surface area contributed by atoms with Gasteiger partial charge in [0.2, 0.25) is 0 Å². The van der Waals surface area contributed by atoms with Crippen LogP contribution in [0.3, 0.4) is 0 Å². The molecule has 19 heavy (non-hydrogen) atoms. The molecule has 2 aromatic heterocycles. The maximum Gasteiger partial charge on any atom is 0.106 e. The summed E-state index contributed by atoms with van der Waals surface area (Å²) in [6.07, 6.45) is 2.00. The highest BCUT2D eigenvalue weighted by Crippen LogP contribution is 2.30. The van der Waals surface area contributed by atoms with Gasteiger partial charge in [-0.3, -0.25) is 11.3 Å². The molecular formula is C15H22N2OS. The number of thiophene rings is 1. The molecule has 3 N–H and O–H groups in total. The van der Waals surface area contributed by atoms with Crippen molar-refractivity contribution in [2.45, 2.75) is 46.6 Å². The van der Waals surface area contributed by atoms with Crippen LogP contribution in [0.15, 0.2) is 16.5 Å². The minimum atomic E-state index is 0.112. The van der Waals surface area contributed by atoms with Gasteiger partial charge in [-0.05, 0) is 44.9 Å². The van der Waals surface area contributed by atoms with E-state index in [2.05, 4.69) is 31.4 Å². The highest BCUT2D eigenvalue weighted by molar-refractivity contribution is 7.11. The van der Waals surface area contributed by atoms with Gasteiger partial charge in [-0.15, -0.1) is 11.3 Å². The van der Waals surface area contributed by atoms with Gasteiger partial charge < -0.3 is 4.42 Å². The Bertz CT molecular complexity index is 556. The summed E-state index contributed by atoms with van der Waals surface area (Å²) in [5.41, 5.74) is 5.34.